The highest BCUT2D eigenvalue weighted by Gasteiger charge is 2.10. The SMILES string of the molecule is CCOc1ccc(-c2nc(-c3ccco3)cs2)cc1N. The van der Waals surface area contributed by atoms with E-state index in [9.17, 15) is 0 Å². The molecule has 102 valence electrons. The first-order valence-electron chi connectivity index (χ1n) is 6.30. The van der Waals surface area contributed by atoms with Gasteiger partial charge in [-0.3, -0.25) is 0 Å². The van der Waals surface area contributed by atoms with Gasteiger partial charge in [0.15, 0.2) is 5.76 Å². The van der Waals surface area contributed by atoms with Gasteiger partial charge in [-0.05, 0) is 37.3 Å². The molecule has 3 rings (SSSR count). The van der Waals surface area contributed by atoms with E-state index in [1.807, 2.05) is 42.6 Å². The number of nitrogens with two attached hydrogens (primary N) is 1. The second-order valence-electron chi connectivity index (χ2n) is 4.20. The average Bonchev–Trinajstić information content (AvgIpc) is 3.11. The maximum Gasteiger partial charge on any atom is 0.153 e. The molecule has 0 atom stereocenters. The molecule has 0 spiro atoms. The monoisotopic (exact) mass is 286 g/mol. The highest BCUT2D eigenvalue weighted by atomic mass is 32.1. The van der Waals surface area contributed by atoms with Crippen LogP contribution in [0.3, 0.4) is 0 Å². The third-order valence-corrected chi connectivity index (χ3v) is 3.73. The highest BCUT2D eigenvalue weighted by Crippen LogP contribution is 2.32. The Bertz CT molecular complexity index is 704. The molecule has 0 aliphatic heterocycles. The Morgan fingerprint density at radius 1 is 1.35 bits per heavy atom. The molecular formula is C15H14N2O2S. The first kappa shape index (κ1) is 12.7. The van der Waals surface area contributed by atoms with Gasteiger partial charge in [-0.2, -0.15) is 0 Å². The van der Waals surface area contributed by atoms with Gasteiger partial charge in [0, 0.05) is 10.9 Å². The average molecular weight is 286 g/mol. The van der Waals surface area contributed by atoms with Crippen molar-refractivity contribution in [3.8, 4) is 27.8 Å². The van der Waals surface area contributed by atoms with Crippen molar-refractivity contribution in [3.05, 3.63) is 42.0 Å². The molecule has 1 aromatic carbocycles. The molecule has 20 heavy (non-hydrogen) atoms. The number of nitrogen functional groups attached to an aromatic ring is 1. The maximum atomic E-state index is 5.98. The number of hydrogen-bond acceptors (Lipinski definition) is 5. The van der Waals surface area contributed by atoms with E-state index in [0.717, 1.165) is 22.0 Å². The van der Waals surface area contributed by atoms with Crippen molar-refractivity contribution in [1.29, 1.82) is 0 Å². The fourth-order valence-corrected chi connectivity index (χ4v) is 2.72. The van der Waals surface area contributed by atoms with Crippen molar-refractivity contribution >= 4 is 17.0 Å². The van der Waals surface area contributed by atoms with E-state index < -0.39 is 0 Å². The molecule has 2 heterocycles. The van der Waals surface area contributed by atoms with Crippen molar-refractivity contribution in [2.24, 2.45) is 0 Å². The predicted molar refractivity (Wildman–Crippen MR) is 80.8 cm³/mol. The quantitative estimate of drug-likeness (QED) is 0.735. The van der Waals surface area contributed by atoms with Gasteiger partial charge in [-0.15, -0.1) is 11.3 Å². The first-order chi connectivity index (χ1) is 9.78. The van der Waals surface area contributed by atoms with Crippen molar-refractivity contribution in [2.75, 3.05) is 12.3 Å². The van der Waals surface area contributed by atoms with Crippen molar-refractivity contribution < 1.29 is 9.15 Å². The van der Waals surface area contributed by atoms with Crippen molar-refractivity contribution in [3.63, 3.8) is 0 Å². The topological polar surface area (TPSA) is 61.3 Å². The second-order valence-corrected chi connectivity index (χ2v) is 5.06. The van der Waals surface area contributed by atoms with Crippen LogP contribution >= 0.6 is 11.3 Å². The molecule has 5 heteroatoms. The summed E-state index contributed by atoms with van der Waals surface area (Å²) in [6, 6.07) is 9.47. The van der Waals surface area contributed by atoms with Crippen LogP contribution < -0.4 is 10.5 Å². The minimum absolute atomic E-state index is 0.601. The molecule has 0 aliphatic rings. The molecule has 0 aliphatic carbocycles. The lowest BCUT2D eigenvalue weighted by Gasteiger charge is -2.07. The summed E-state index contributed by atoms with van der Waals surface area (Å²) in [4.78, 5) is 4.57. The Morgan fingerprint density at radius 2 is 2.25 bits per heavy atom. The number of rotatable bonds is 4. The Kier molecular flexibility index (Phi) is 3.43. The Morgan fingerprint density at radius 3 is 2.95 bits per heavy atom. The van der Waals surface area contributed by atoms with Crippen LogP contribution in [-0.4, -0.2) is 11.6 Å². The van der Waals surface area contributed by atoms with E-state index in [1.165, 1.54) is 0 Å². The summed E-state index contributed by atoms with van der Waals surface area (Å²) >= 11 is 1.56. The summed E-state index contributed by atoms with van der Waals surface area (Å²) in [5, 5.41) is 2.88. The van der Waals surface area contributed by atoms with Crippen LogP contribution in [0.2, 0.25) is 0 Å². The molecule has 0 saturated heterocycles. The molecular weight excluding hydrogens is 272 g/mol. The largest absolute Gasteiger partial charge is 0.492 e. The van der Waals surface area contributed by atoms with E-state index in [1.54, 1.807) is 17.6 Å². The fraction of sp³-hybridized carbons (Fsp3) is 0.133. The number of benzene rings is 1. The lowest BCUT2D eigenvalue weighted by Crippen LogP contribution is -1.96. The zero-order chi connectivity index (χ0) is 13.9. The molecule has 2 aromatic heterocycles. The van der Waals surface area contributed by atoms with E-state index >= 15 is 0 Å². The van der Waals surface area contributed by atoms with Gasteiger partial charge >= 0.3 is 0 Å². The third kappa shape index (κ3) is 2.40. The summed E-state index contributed by atoms with van der Waals surface area (Å²) in [5.74, 6) is 1.48. The number of aromatic nitrogens is 1. The molecule has 0 fully saturated rings. The third-order valence-electron chi connectivity index (χ3n) is 2.83. The number of hydrogen-bond donors (Lipinski definition) is 1. The van der Waals surface area contributed by atoms with Gasteiger partial charge in [0.05, 0.1) is 18.6 Å². The molecule has 0 amide bonds. The van der Waals surface area contributed by atoms with Crippen LogP contribution in [0.5, 0.6) is 5.75 Å². The van der Waals surface area contributed by atoms with Crippen LogP contribution in [0.15, 0.2) is 46.4 Å². The molecule has 0 saturated carbocycles. The minimum atomic E-state index is 0.601. The maximum absolute atomic E-state index is 5.98. The zero-order valence-corrected chi connectivity index (χ0v) is 11.8. The molecule has 0 radical (unpaired) electrons. The van der Waals surface area contributed by atoms with E-state index in [-0.39, 0.29) is 0 Å². The Hall–Kier alpha value is -2.27. The number of nitrogens with zero attached hydrogens (tertiary/aromatic N) is 1. The first-order valence-corrected chi connectivity index (χ1v) is 7.18. The van der Waals surface area contributed by atoms with Crippen LogP contribution in [0, 0.1) is 0 Å². The molecule has 4 nitrogen and oxygen atoms in total. The zero-order valence-electron chi connectivity index (χ0n) is 11.0. The molecule has 0 unspecified atom stereocenters. The van der Waals surface area contributed by atoms with Gasteiger partial charge in [-0.25, -0.2) is 4.98 Å². The van der Waals surface area contributed by atoms with E-state index in [2.05, 4.69) is 4.98 Å². The van der Waals surface area contributed by atoms with Gasteiger partial charge in [0.2, 0.25) is 0 Å². The van der Waals surface area contributed by atoms with Gasteiger partial charge in [0.1, 0.15) is 16.5 Å². The Balaban J connectivity index is 1.92. The predicted octanol–water partition coefficient (Wildman–Crippen LogP) is 4.05. The summed E-state index contributed by atoms with van der Waals surface area (Å²) < 4.78 is 10.8. The second kappa shape index (κ2) is 5.38. The van der Waals surface area contributed by atoms with Crippen molar-refractivity contribution in [2.45, 2.75) is 6.92 Å². The van der Waals surface area contributed by atoms with Gasteiger partial charge < -0.3 is 14.9 Å². The summed E-state index contributed by atoms with van der Waals surface area (Å²) in [5.41, 5.74) is 8.42. The van der Waals surface area contributed by atoms with Crippen LogP contribution in [0.25, 0.3) is 22.0 Å². The van der Waals surface area contributed by atoms with Crippen molar-refractivity contribution in [1.82, 2.24) is 4.98 Å². The van der Waals surface area contributed by atoms with E-state index in [4.69, 9.17) is 14.9 Å². The molecule has 2 N–H and O–H groups in total. The minimum Gasteiger partial charge on any atom is -0.492 e. The fourth-order valence-electron chi connectivity index (χ4n) is 1.91. The van der Waals surface area contributed by atoms with Crippen LogP contribution in [-0.2, 0) is 0 Å². The Labute approximate surface area is 120 Å². The van der Waals surface area contributed by atoms with Crippen LogP contribution in [0.4, 0.5) is 5.69 Å². The normalized spacial score (nSPS) is 10.7. The lowest BCUT2D eigenvalue weighted by molar-refractivity contribution is 0.342. The smallest absolute Gasteiger partial charge is 0.153 e. The van der Waals surface area contributed by atoms with Gasteiger partial charge in [-0.1, -0.05) is 0 Å². The van der Waals surface area contributed by atoms with E-state index in [0.29, 0.717) is 18.0 Å². The molecule has 3 aromatic rings. The highest BCUT2D eigenvalue weighted by molar-refractivity contribution is 7.13. The number of anilines is 1. The van der Waals surface area contributed by atoms with Gasteiger partial charge in [0.25, 0.3) is 0 Å². The summed E-state index contributed by atoms with van der Waals surface area (Å²) in [6.07, 6.45) is 1.64. The number of ether oxygens (including phenoxy) is 1. The number of furan rings is 1. The van der Waals surface area contributed by atoms with Crippen LogP contribution in [0.1, 0.15) is 6.92 Å². The summed E-state index contributed by atoms with van der Waals surface area (Å²) in [6.45, 7) is 2.53. The molecule has 0 bridgehead atoms. The summed E-state index contributed by atoms with van der Waals surface area (Å²) in [7, 11) is 0. The number of thiazole rings is 1. The lowest BCUT2D eigenvalue weighted by atomic mass is 10.2. The standard InChI is InChI=1S/C15H14N2O2S/c1-2-18-13-6-5-10(8-11(13)16)15-17-12(9-20-15)14-4-3-7-19-14/h3-9H,2,16H2,1H3.